The molecule has 102 valence electrons. The average molecular weight is 290 g/mol. The predicted molar refractivity (Wildman–Crippen MR) is 76.6 cm³/mol. The lowest BCUT2D eigenvalue weighted by molar-refractivity contribution is 0.501. The smallest absolute Gasteiger partial charge is 0.211 e. The van der Waals surface area contributed by atoms with Crippen molar-refractivity contribution < 1.29 is 8.42 Å². The number of rotatable bonds is 7. The van der Waals surface area contributed by atoms with E-state index in [-0.39, 0.29) is 11.2 Å². The molecule has 1 aromatic carbocycles. The summed E-state index contributed by atoms with van der Waals surface area (Å²) in [6, 6.07) is 9.88. The lowest BCUT2D eigenvalue weighted by Gasteiger charge is -2.25. The van der Waals surface area contributed by atoms with E-state index in [1.807, 2.05) is 44.2 Å². The van der Waals surface area contributed by atoms with E-state index in [1.54, 1.807) is 0 Å². The van der Waals surface area contributed by atoms with E-state index in [0.29, 0.717) is 18.8 Å². The summed E-state index contributed by atoms with van der Waals surface area (Å²) in [6.07, 6.45) is 0.475. The molecule has 1 aromatic rings. The van der Waals surface area contributed by atoms with Gasteiger partial charge < -0.3 is 0 Å². The van der Waals surface area contributed by atoms with Crippen LogP contribution in [0.5, 0.6) is 0 Å². The van der Waals surface area contributed by atoms with Gasteiger partial charge in [-0.2, -0.15) is 0 Å². The van der Waals surface area contributed by atoms with Crippen LogP contribution in [0.2, 0.25) is 0 Å². The molecule has 0 aliphatic heterocycles. The highest BCUT2D eigenvalue weighted by molar-refractivity contribution is 7.89. The third-order valence-electron chi connectivity index (χ3n) is 2.84. The van der Waals surface area contributed by atoms with Gasteiger partial charge in [0.1, 0.15) is 0 Å². The largest absolute Gasteiger partial charge is 0.214 e. The molecule has 3 nitrogen and oxygen atoms in total. The summed E-state index contributed by atoms with van der Waals surface area (Å²) in [6.45, 7) is 4.43. The molecule has 1 rings (SSSR count). The second-order valence-electron chi connectivity index (χ2n) is 4.93. The fourth-order valence-corrected chi connectivity index (χ4v) is 3.14. The highest BCUT2D eigenvalue weighted by Gasteiger charge is 2.22. The molecule has 0 unspecified atom stereocenters. The van der Waals surface area contributed by atoms with Gasteiger partial charge in [-0.05, 0) is 12.0 Å². The lowest BCUT2D eigenvalue weighted by atomic mass is 9.85. The van der Waals surface area contributed by atoms with Gasteiger partial charge in [0.2, 0.25) is 10.0 Å². The number of benzene rings is 1. The van der Waals surface area contributed by atoms with Crippen molar-refractivity contribution in [1.82, 2.24) is 4.72 Å². The van der Waals surface area contributed by atoms with Gasteiger partial charge in [0.25, 0.3) is 0 Å². The summed E-state index contributed by atoms with van der Waals surface area (Å²) in [4.78, 5) is 0. The molecule has 18 heavy (non-hydrogen) atoms. The molecule has 0 radical (unpaired) electrons. The van der Waals surface area contributed by atoms with Crippen LogP contribution >= 0.6 is 11.6 Å². The van der Waals surface area contributed by atoms with Crippen LogP contribution < -0.4 is 4.72 Å². The first-order chi connectivity index (χ1) is 8.37. The minimum absolute atomic E-state index is 0.0847. The number of hydrogen-bond donors (Lipinski definition) is 1. The molecular weight excluding hydrogens is 270 g/mol. The van der Waals surface area contributed by atoms with E-state index in [4.69, 9.17) is 11.6 Å². The van der Waals surface area contributed by atoms with Crippen molar-refractivity contribution in [3.05, 3.63) is 35.9 Å². The fourth-order valence-electron chi connectivity index (χ4n) is 1.60. The Labute approximate surface area is 115 Å². The zero-order chi connectivity index (χ0) is 13.6. The number of sulfonamides is 1. The maximum absolute atomic E-state index is 11.7. The maximum Gasteiger partial charge on any atom is 0.211 e. The Morgan fingerprint density at radius 2 is 1.83 bits per heavy atom. The Kier molecular flexibility index (Phi) is 5.63. The molecule has 0 saturated carbocycles. The summed E-state index contributed by atoms with van der Waals surface area (Å²) in [5, 5.41) is 0. The van der Waals surface area contributed by atoms with Crippen molar-refractivity contribution in [3.63, 3.8) is 0 Å². The quantitative estimate of drug-likeness (QED) is 0.784. The maximum atomic E-state index is 11.7. The Morgan fingerprint density at radius 3 is 2.39 bits per heavy atom. The predicted octanol–water partition coefficient (Wildman–Crippen LogP) is 2.51. The van der Waals surface area contributed by atoms with E-state index < -0.39 is 10.0 Å². The molecule has 0 bridgehead atoms. The Balaban J connectivity index is 2.62. The standard InChI is InChI=1S/C13H20ClNO2S/c1-13(2,12-7-4-3-5-8-12)11-15-18(16,17)10-6-9-14/h3-5,7-8,15H,6,9-11H2,1-2H3. The second-order valence-corrected chi connectivity index (χ2v) is 7.24. The first kappa shape index (κ1) is 15.5. The van der Waals surface area contributed by atoms with E-state index in [0.717, 1.165) is 5.56 Å². The highest BCUT2D eigenvalue weighted by Crippen LogP contribution is 2.21. The van der Waals surface area contributed by atoms with Crippen LogP contribution in [0.25, 0.3) is 0 Å². The summed E-state index contributed by atoms with van der Waals surface area (Å²) < 4.78 is 26.0. The topological polar surface area (TPSA) is 46.2 Å². The van der Waals surface area contributed by atoms with Crippen molar-refractivity contribution >= 4 is 21.6 Å². The van der Waals surface area contributed by atoms with E-state index in [9.17, 15) is 8.42 Å². The van der Waals surface area contributed by atoms with Gasteiger partial charge in [-0.25, -0.2) is 13.1 Å². The summed E-state index contributed by atoms with van der Waals surface area (Å²) in [5.41, 5.74) is 0.889. The van der Waals surface area contributed by atoms with Crippen molar-refractivity contribution in [2.45, 2.75) is 25.7 Å². The van der Waals surface area contributed by atoms with E-state index >= 15 is 0 Å². The van der Waals surface area contributed by atoms with E-state index in [2.05, 4.69) is 4.72 Å². The molecule has 0 spiro atoms. The van der Waals surface area contributed by atoms with Crippen molar-refractivity contribution in [1.29, 1.82) is 0 Å². The van der Waals surface area contributed by atoms with Gasteiger partial charge >= 0.3 is 0 Å². The molecule has 0 heterocycles. The molecule has 5 heteroatoms. The minimum Gasteiger partial charge on any atom is -0.214 e. The lowest BCUT2D eigenvalue weighted by Crippen LogP contribution is -2.37. The van der Waals surface area contributed by atoms with Crippen molar-refractivity contribution in [2.75, 3.05) is 18.2 Å². The zero-order valence-corrected chi connectivity index (χ0v) is 12.4. The Hall–Kier alpha value is -0.580. The number of nitrogens with one attached hydrogen (secondary N) is 1. The SMILES string of the molecule is CC(C)(CNS(=O)(=O)CCCCl)c1ccccc1. The number of halogens is 1. The third kappa shape index (κ3) is 4.96. The fraction of sp³-hybridized carbons (Fsp3) is 0.538. The van der Waals surface area contributed by atoms with Gasteiger partial charge in [0.05, 0.1) is 5.75 Å². The first-order valence-corrected chi connectivity index (χ1v) is 8.15. The molecule has 0 aliphatic carbocycles. The Morgan fingerprint density at radius 1 is 1.22 bits per heavy atom. The highest BCUT2D eigenvalue weighted by atomic mass is 35.5. The van der Waals surface area contributed by atoms with Crippen LogP contribution in [0.3, 0.4) is 0 Å². The van der Waals surface area contributed by atoms with Crippen LogP contribution in [0.15, 0.2) is 30.3 Å². The molecule has 0 fully saturated rings. The third-order valence-corrected chi connectivity index (χ3v) is 4.51. The van der Waals surface area contributed by atoms with Gasteiger partial charge in [-0.1, -0.05) is 44.2 Å². The molecule has 1 N–H and O–H groups in total. The average Bonchev–Trinajstić information content (AvgIpc) is 2.36. The Bertz CT molecular complexity index is 457. The summed E-state index contributed by atoms with van der Waals surface area (Å²) in [7, 11) is -3.22. The molecule has 0 aromatic heterocycles. The molecule has 0 aliphatic rings. The van der Waals surface area contributed by atoms with Gasteiger partial charge in [0.15, 0.2) is 0 Å². The normalized spacial score (nSPS) is 12.6. The number of alkyl halides is 1. The summed E-state index contributed by atoms with van der Waals surface area (Å²) in [5.74, 6) is 0.449. The van der Waals surface area contributed by atoms with E-state index in [1.165, 1.54) is 0 Å². The van der Waals surface area contributed by atoms with Crippen LogP contribution in [0.4, 0.5) is 0 Å². The van der Waals surface area contributed by atoms with Crippen LogP contribution in [-0.2, 0) is 15.4 Å². The monoisotopic (exact) mass is 289 g/mol. The van der Waals surface area contributed by atoms with Gasteiger partial charge in [0, 0.05) is 17.8 Å². The first-order valence-electron chi connectivity index (χ1n) is 5.96. The van der Waals surface area contributed by atoms with Gasteiger partial charge in [-0.3, -0.25) is 0 Å². The molecule has 0 atom stereocenters. The second kappa shape index (κ2) is 6.55. The zero-order valence-electron chi connectivity index (χ0n) is 10.8. The van der Waals surface area contributed by atoms with Crippen molar-refractivity contribution in [3.8, 4) is 0 Å². The van der Waals surface area contributed by atoms with Gasteiger partial charge in [-0.15, -0.1) is 11.6 Å². The van der Waals surface area contributed by atoms with Crippen LogP contribution in [-0.4, -0.2) is 26.6 Å². The number of hydrogen-bond acceptors (Lipinski definition) is 2. The molecule has 0 saturated heterocycles. The molecular formula is C13H20ClNO2S. The molecule has 0 amide bonds. The summed E-state index contributed by atoms with van der Waals surface area (Å²) >= 11 is 5.50. The van der Waals surface area contributed by atoms with Crippen LogP contribution in [0, 0.1) is 0 Å². The van der Waals surface area contributed by atoms with Crippen LogP contribution in [0.1, 0.15) is 25.8 Å². The van der Waals surface area contributed by atoms with Crippen molar-refractivity contribution in [2.24, 2.45) is 0 Å². The minimum atomic E-state index is -3.22.